The first-order valence-electron chi connectivity index (χ1n) is 4.64. The molecule has 1 rings (SSSR count). The lowest BCUT2D eigenvalue weighted by Crippen LogP contribution is -2.64. The Morgan fingerprint density at radius 2 is 1.94 bits per heavy atom. The van der Waals surface area contributed by atoms with Crippen LogP contribution in [0.25, 0.3) is 0 Å². The molecule has 0 aromatic carbocycles. The van der Waals surface area contributed by atoms with Crippen LogP contribution in [0, 0.1) is 0 Å². The van der Waals surface area contributed by atoms with Crippen LogP contribution in [-0.4, -0.2) is 32.4 Å². The van der Waals surface area contributed by atoms with E-state index >= 15 is 0 Å². The summed E-state index contributed by atoms with van der Waals surface area (Å²) in [5, 5.41) is 0. The first kappa shape index (κ1) is 15.3. The Balaban J connectivity index is 3.41. The SMILES string of the molecule is CC=CC1(F)C(F)(OS(=O)O)C=CC(F)C1(F)F. The normalized spacial score (nSPS) is 41.2. The molecule has 0 aromatic rings. The number of hydrogen-bond donors (Lipinski definition) is 1. The van der Waals surface area contributed by atoms with E-state index in [1.54, 1.807) is 0 Å². The highest BCUT2D eigenvalue weighted by Crippen LogP contribution is 2.51. The van der Waals surface area contributed by atoms with Crippen molar-refractivity contribution >= 4 is 11.4 Å². The van der Waals surface area contributed by atoms with Crippen LogP contribution in [0.5, 0.6) is 0 Å². The fourth-order valence-corrected chi connectivity index (χ4v) is 1.91. The fraction of sp³-hybridized carbons (Fsp3) is 0.556. The molecule has 4 atom stereocenters. The minimum absolute atomic E-state index is 0.0171. The van der Waals surface area contributed by atoms with Gasteiger partial charge < -0.3 is 0 Å². The molecule has 9 heteroatoms. The van der Waals surface area contributed by atoms with Gasteiger partial charge in [-0.05, 0) is 25.2 Å². The molecule has 104 valence electrons. The van der Waals surface area contributed by atoms with Crippen LogP contribution in [0.3, 0.4) is 0 Å². The Kier molecular flexibility index (Phi) is 3.99. The molecule has 18 heavy (non-hydrogen) atoms. The van der Waals surface area contributed by atoms with Gasteiger partial charge in [0, 0.05) is 0 Å². The minimum atomic E-state index is -4.79. The summed E-state index contributed by atoms with van der Waals surface area (Å²) in [6.07, 6.45) is -2.26. The highest BCUT2D eigenvalue weighted by atomic mass is 32.2. The lowest BCUT2D eigenvalue weighted by atomic mass is 9.81. The molecule has 0 bridgehead atoms. The molecule has 3 nitrogen and oxygen atoms in total. The van der Waals surface area contributed by atoms with Crippen molar-refractivity contribution in [2.45, 2.75) is 30.5 Å². The maximum atomic E-state index is 14.1. The van der Waals surface area contributed by atoms with Crippen LogP contribution in [0.4, 0.5) is 22.0 Å². The molecular formula is C9H9F5O3S. The molecule has 1 aliphatic carbocycles. The van der Waals surface area contributed by atoms with Crippen molar-refractivity contribution < 1.29 is 34.9 Å². The van der Waals surface area contributed by atoms with Gasteiger partial charge in [-0.25, -0.2) is 17.4 Å². The zero-order valence-electron chi connectivity index (χ0n) is 8.95. The van der Waals surface area contributed by atoms with E-state index in [-0.39, 0.29) is 18.2 Å². The van der Waals surface area contributed by atoms with Gasteiger partial charge in [-0.15, -0.1) is 0 Å². The standard InChI is InChI=1S/C9H9F5O3S/c1-2-4-7(11)8(12,17-18(15)16)5-3-6(10)9(7,13)14/h2-6H,1H3,(H,15,16). The Bertz CT molecular complexity index is 413. The van der Waals surface area contributed by atoms with Crippen LogP contribution in [0.1, 0.15) is 6.92 Å². The van der Waals surface area contributed by atoms with Crippen molar-refractivity contribution in [2.75, 3.05) is 0 Å². The molecule has 0 saturated heterocycles. The second kappa shape index (κ2) is 4.71. The number of allylic oxidation sites excluding steroid dienone is 2. The zero-order valence-corrected chi connectivity index (χ0v) is 9.77. The molecule has 1 aliphatic rings. The van der Waals surface area contributed by atoms with Crippen molar-refractivity contribution in [3.8, 4) is 0 Å². The summed E-state index contributed by atoms with van der Waals surface area (Å²) < 4.78 is 90.3. The molecule has 0 spiro atoms. The third kappa shape index (κ3) is 2.10. The molecule has 4 unspecified atom stereocenters. The van der Waals surface area contributed by atoms with E-state index < -0.39 is 35.0 Å². The fourth-order valence-electron chi connectivity index (χ4n) is 1.52. The maximum absolute atomic E-state index is 14.1. The summed E-state index contributed by atoms with van der Waals surface area (Å²) >= 11 is -3.35. The minimum Gasteiger partial charge on any atom is -0.284 e. The van der Waals surface area contributed by atoms with Gasteiger partial charge in [-0.2, -0.15) is 13.0 Å². The van der Waals surface area contributed by atoms with Crippen LogP contribution in [-0.2, 0) is 15.5 Å². The molecule has 0 heterocycles. The van der Waals surface area contributed by atoms with Gasteiger partial charge in [0.25, 0.3) is 11.5 Å². The molecule has 0 saturated carbocycles. The first-order chi connectivity index (χ1) is 8.10. The van der Waals surface area contributed by atoms with E-state index in [0.29, 0.717) is 0 Å². The zero-order chi connectivity index (χ0) is 14.2. The number of alkyl halides is 5. The van der Waals surface area contributed by atoms with Crippen molar-refractivity contribution in [3.63, 3.8) is 0 Å². The lowest BCUT2D eigenvalue weighted by molar-refractivity contribution is -0.245. The monoisotopic (exact) mass is 292 g/mol. The summed E-state index contributed by atoms with van der Waals surface area (Å²) in [5.74, 6) is -8.74. The topological polar surface area (TPSA) is 46.5 Å². The van der Waals surface area contributed by atoms with Gasteiger partial charge in [0.15, 0.2) is 6.17 Å². The van der Waals surface area contributed by atoms with Crippen LogP contribution in [0.2, 0.25) is 0 Å². The predicted molar refractivity (Wildman–Crippen MR) is 53.3 cm³/mol. The number of hydrogen-bond acceptors (Lipinski definition) is 2. The highest BCUT2D eigenvalue weighted by Gasteiger charge is 2.73. The van der Waals surface area contributed by atoms with E-state index in [1.165, 1.54) is 0 Å². The summed E-state index contributed by atoms with van der Waals surface area (Å²) in [4.78, 5) is 0. The van der Waals surface area contributed by atoms with E-state index in [0.717, 1.165) is 13.0 Å². The van der Waals surface area contributed by atoms with Crippen molar-refractivity contribution in [3.05, 3.63) is 24.3 Å². The molecule has 0 radical (unpaired) electrons. The second-order valence-electron chi connectivity index (χ2n) is 3.54. The van der Waals surface area contributed by atoms with Gasteiger partial charge in [-0.1, -0.05) is 6.08 Å². The van der Waals surface area contributed by atoms with E-state index in [4.69, 9.17) is 4.55 Å². The largest absolute Gasteiger partial charge is 0.325 e. The molecule has 0 fully saturated rings. The van der Waals surface area contributed by atoms with Gasteiger partial charge in [-0.3, -0.25) is 4.55 Å². The average Bonchev–Trinajstić information content (AvgIpc) is 2.23. The van der Waals surface area contributed by atoms with Crippen molar-refractivity contribution in [2.24, 2.45) is 0 Å². The van der Waals surface area contributed by atoms with Crippen molar-refractivity contribution in [1.82, 2.24) is 0 Å². The smallest absolute Gasteiger partial charge is 0.284 e. The van der Waals surface area contributed by atoms with Gasteiger partial charge in [0.2, 0.25) is 0 Å². The van der Waals surface area contributed by atoms with E-state index in [9.17, 15) is 26.2 Å². The van der Waals surface area contributed by atoms with Crippen LogP contribution >= 0.6 is 0 Å². The number of rotatable bonds is 3. The summed E-state index contributed by atoms with van der Waals surface area (Å²) in [5.41, 5.74) is -4.23. The average molecular weight is 292 g/mol. The Labute approximate surface area is 102 Å². The Morgan fingerprint density at radius 3 is 2.39 bits per heavy atom. The quantitative estimate of drug-likeness (QED) is 0.494. The summed E-state index contributed by atoms with van der Waals surface area (Å²) in [7, 11) is 0. The highest BCUT2D eigenvalue weighted by molar-refractivity contribution is 7.74. The third-order valence-corrected chi connectivity index (χ3v) is 2.78. The third-order valence-electron chi connectivity index (χ3n) is 2.40. The Morgan fingerprint density at radius 1 is 1.39 bits per heavy atom. The summed E-state index contributed by atoms with van der Waals surface area (Å²) in [6.45, 7) is 1.10. The van der Waals surface area contributed by atoms with Gasteiger partial charge >= 0.3 is 17.3 Å². The maximum Gasteiger partial charge on any atom is 0.325 e. The van der Waals surface area contributed by atoms with Crippen LogP contribution in [0.15, 0.2) is 24.3 Å². The summed E-state index contributed by atoms with van der Waals surface area (Å²) in [6, 6.07) is 0. The molecule has 0 aromatic heterocycles. The second-order valence-corrected chi connectivity index (χ2v) is 4.14. The Hall–Kier alpha value is -0.800. The van der Waals surface area contributed by atoms with E-state index in [1.807, 2.05) is 0 Å². The molecular weight excluding hydrogens is 283 g/mol. The van der Waals surface area contributed by atoms with E-state index in [2.05, 4.69) is 4.18 Å². The molecule has 1 N–H and O–H groups in total. The predicted octanol–water partition coefficient (Wildman–Crippen LogP) is 2.63. The number of halogens is 5. The van der Waals surface area contributed by atoms with Gasteiger partial charge in [0.1, 0.15) is 0 Å². The molecule has 0 aliphatic heterocycles. The first-order valence-corrected chi connectivity index (χ1v) is 5.67. The van der Waals surface area contributed by atoms with Crippen molar-refractivity contribution in [1.29, 1.82) is 0 Å². The van der Waals surface area contributed by atoms with Gasteiger partial charge in [0.05, 0.1) is 0 Å². The van der Waals surface area contributed by atoms with Crippen LogP contribution < -0.4 is 0 Å². The lowest BCUT2D eigenvalue weighted by Gasteiger charge is -2.42. The molecule has 0 amide bonds.